The predicted octanol–water partition coefficient (Wildman–Crippen LogP) is 2.97. The lowest BCUT2D eigenvalue weighted by Crippen LogP contribution is -2.59. The molecule has 0 amide bonds. The van der Waals surface area contributed by atoms with Gasteiger partial charge in [0.25, 0.3) is 0 Å². The minimum absolute atomic E-state index is 0.193. The van der Waals surface area contributed by atoms with Crippen molar-refractivity contribution in [1.29, 1.82) is 0 Å². The van der Waals surface area contributed by atoms with Gasteiger partial charge in [0.2, 0.25) is 5.79 Å². The van der Waals surface area contributed by atoms with E-state index >= 15 is 0 Å². The third kappa shape index (κ3) is 2.72. The summed E-state index contributed by atoms with van der Waals surface area (Å²) in [5.74, 6) is -1.36. The molecule has 1 aliphatic rings. The van der Waals surface area contributed by atoms with E-state index < -0.39 is 5.79 Å². The Morgan fingerprint density at radius 2 is 1.57 bits per heavy atom. The van der Waals surface area contributed by atoms with Crippen molar-refractivity contribution >= 4 is 0 Å². The molecule has 1 fully saturated rings. The van der Waals surface area contributed by atoms with Gasteiger partial charge in [-0.15, -0.1) is 0 Å². The summed E-state index contributed by atoms with van der Waals surface area (Å²) in [6.07, 6.45) is 0. The second-order valence-electron chi connectivity index (χ2n) is 6.22. The van der Waals surface area contributed by atoms with Crippen molar-refractivity contribution < 1.29 is 9.84 Å². The molecule has 3 nitrogen and oxygen atoms in total. The third-order valence-corrected chi connectivity index (χ3v) is 3.90. The van der Waals surface area contributed by atoms with Gasteiger partial charge in [-0.2, -0.15) is 0 Å². The molecule has 1 saturated heterocycles. The van der Waals surface area contributed by atoms with Crippen LogP contribution in [0.5, 0.6) is 0 Å². The van der Waals surface area contributed by atoms with Gasteiger partial charge in [-0.05, 0) is 19.4 Å². The number of rotatable bonds is 2. The van der Waals surface area contributed by atoms with E-state index in [1.54, 1.807) is 0 Å². The molecule has 1 aliphatic heterocycles. The highest BCUT2D eigenvalue weighted by Gasteiger charge is 2.47. The fourth-order valence-electron chi connectivity index (χ4n) is 2.79. The molecular formula is C18H21NO2. The van der Waals surface area contributed by atoms with Crippen molar-refractivity contribution in [2.45, 2.75) is 31.2 Å². The summed E-state index contributed by atoms with van der Waals surface area (Å²) < 4.78 is 5.93. The van der Waals surface area contributed by atoms with Crippen LogP contribution in [0.1, 0.15) is 31.0 Å². The third-order valence-electron chi connectivity index (χ3n) is 3.90. The average Bonchev–Trinajstić information content (AvgIpc) is 2.52. The highest BCUT2D eigenvalue weighted by atomic mass is 16.6. The Kier molecular flexibility index (Phi) is 3.57. The van der Waals surface area contributed by atoms with E-state index in [0.29, 0.717) is 6.61 Å². The average molecular weight is 283 g/mol. The Morgan fingerprint density at radius 3 is 2.19 bits per heavy atom. The van der Waals surface area contributed by atoms with Crippen LogP contribution in [0.4, 0.5) is 0 Å². The number of benzene rings is 2. The number of hydrogen-bond acceptors (Lipinski definition) is 3. The predicted molar refractivity (Wildman–Crippen MR) is 82.7 cm³/mol. The minimum atomic E-state index is -1.36. The largest absolute Gasteiger partial charge is 0.360 e. The van der Waals surface area contributed by atoms with Crippen molar-refractivity contribution in [1.82, 2.24) is 5.32 Å². The topological polar surface area (TPSA) is 41.5 Å². The fraction of sp³-hybridized carbons (Fsp3) is 0.333. The van der Waals surface area contributed by atoms with Crippen molar-refractivity contribution in [2.75, 3.05) is 6.61 Å². The monoisotopic (exact) mass is 283 g/mol. The molecule has 0 saturated carbocycles. The molecule has 0 aliphatic carbocycles. The summed E-state index contributed by atoms with van der Waals surface area (Å²) in [6, 6.07) is 19.2. The summed E-state index contributed by atoms with van der Waals surface area (Å²) in [5.41, 5.74) is 1.58. The molecule has 0 radical (unpaired) electrons. The second-order valence-corrected chi connectivity index (χ2v) is 6.22. The smallest absolute Gasteiger partial charge is 0.212 e. The van der Waals surface area contributed by atoms with Crippen LogP contribution in [-0.4, -0.2) is 17.3 Å². The van der Waals surface area contributed by atoms with Gasteiger partial charge in [0.15, 0.2) is 0 Å². The standard InChI is InChI=1S/C18H21NO2/c1-17(2)13-21-18(20,15-11-7-4-8-12-15)16(19-17)14-9-5-3-6-10-14/h3-12,16,19-20H,13H2,1-2H3/t16-,18-/m0/s1. The Balaban J connectivity index is 2.05. The van der Waals surface area contributed by atoms with Crippen LogP contribution in [0.25, 0.3) is 0 Å². The lowest BCUT2D eigenvalue weighted by Gasteiger charge is -2.47. The van der Waals surface area contributed by atoms with Crippen molar-refractivity contribution in [3.63, 3.8) is 0 Å². The molecule has 2 aromatic rings. The lowest BCUT2D eigenvalue weighted by atomic mass is 9.87. The van der Waals surface area contributed by atoms with Crippen LogP contribution in [0.15, 0.2) is 60.7 Å². The zero-order valence-corrected chi connectivity index (χ0v) is 12.4. The van der Waals surface area contributed by atoms with E-state index in [0.717, 1.165) is 11.1 Å². The van der Waals surface area contributed by atoms with E-state index in [1.165, 1.54) is 0 Å². The molecule has 2 atom stereocenters. The molecule has 1 heterocycles. The van der Waals surface area contributed by atoms with Crippen LogP contribution < -0.4 is 5.32 Å². The van der Waals surface area contributed by atoms with Crippen molar-refractivity contribution in [3.8, 4) is 0 Å². The molecular weight excluding hydrogens is 262 g/mol. The van der Waals surface area contributed by atoms with Crippen molar-refractivity contribution in [3.05, 3.63) is 71.8 Å². The van der Waals surface area contributed by atoms with Crippen LogP contribution in [0, 0.1) is 0 Å². The van der Waals surface area contributed by atoms with Gasteiger partial charge < -0.3 is 9.84 Å². The Labute approximate surface area is 125 Å². The van der Waals surface area contributed by atoms with Gasteiger partial charge in [0.1, 0.15) is 0 Å². The van der Waals surface area contributed by atoms with Gasteiger partial charge in [0, 0.05) is 11.1 Å². The SMILES string of the molecule is CC1(C)CO[C@@](O)(c2ccccc2)[C@H](c2ccccc2)N1. The molecule has 0 spiro atoms. The number of hydrogen-bond donors (Lipinski definition) is 2. The lowest BCUT2D eigenvalue weighted by molar-refractivity contribution is -0.269. The van der Waals surface area contributed by atoms with Crippen LogP contribution in [0.3, 0.4) is 0 Å². The quantitative estimate of drug-likeness (QED) is 0.890. The van der Waals surface area contributed by atoms with Gasteiger partial charge in [-0.3, -0.25) is 5.32 Å². The first-order chi connectivity index (χ1) is 10.0. The van der Waals surface area contributed by atoms with E-state index in [2.05, 4.69) is 19.2 Å². The normalized spacial score (nSPS) is 28.2. The minimum Gasteiger partial charge on any atom is -0.360 e. The Morgan fingerprint density at radius 1 is 1.00 bits per heavy atom. The molecule has 0 aromatic heterocycles. The molecule has 3 rings (SSSR count). The maximum Gasteiger partial charge on any atom is 0.212 e. The summed E-state index contributed by atoms with van der Waals surface area (Å²) in [5, 5.41) is 14.7. The van der Waals surface area contributed by atoms with Gasteiger partial charge in [-0.25, -0.2) is 0 Å². The molecule has 2 N–H and O–H groups in total. The first kappa shape index (κ1) is 14.3. The van der Waals surface area contributed by atoms with E-state index in [4.69, 9.17) is 4.74 Å². The number of aliphatic hydroxyl groups is 1. The molecule has 21 heavy (non-hydrogen) atoms. The van der Waals surface area contributed by atoms with Gasteiger partial charge in [-0.1, -0.05) is 60.7 Å². The maximum atomic E-state index is 11.2. The Bertz CT molecular complexity index is 597. The Hall–Kier alpha value is -1.68. The summed E-state index contributed by atoms with van der Waals surface area (Å²) >= 11 is 0. The van der Waals surface area contributed by atoms with E-state index in [9.17, 15) is 5.11 Å². The zero-order valence-electron chi connectivity index (χ0n) is 12.4. The highest BCUT2D eigenvalue weighted by Crippen LogP contribution is 2.41. The molecule has 110 valence electrons. The first-order valence-corrected chi connectivity index (χ1v) is 7.26. The molecule has 2 aromatic carbocycles. The van der Waals surface area contributed by atoms with Crippen molar-refractivity contribution in [2.24, 2.45) is 0 Å². The number of nitrogens with one attached hydrogen (secondary N) is 1. The summed E-state index contributed by atoms with van der Waals surface area (Å²) in [7, 11) is 0. The van der Waals surface area contributed by atoms with Crippen LogP contribution in [0.2, 0.25) is 0 Å². The van der Waals surface area contributed by atoms with E-state index in [-0.39, 0.29) is 11.6 Å². The fourth-order valence-corrected chi connectivity index (χ4v) is 2.79. The van der Waals surface area contributed by atoms with Crippen LogP contribution >= 0.6 is 0 Å². The summed E-state index contributed by atoms with van der Waals surface area (Å²) in [6.45, 7) is 4.60. The number of ether oxygens (including phenoxy) is 1. The summed E-state index contributed by atoms with van der Waals surface area (Å²) in [4.78, 5) is 0. The molecule has 3 heteroatoms. The highest BCUT2D eigenvalue weighted by molar-refractivity contribution is 5.30. The second kappa shape index (κ2) is 5.26. The van der Waals surface area contributed by atoms with E-state index in [1.807, 2.05) is 60.7 Å². The molecule has 0 bridgehead atoms. The molecule has 0 unspecified atom stereocenters. The van der Waals surface area contributed by atoms with Gasteiger partial charge in [0.05, 0.1) is 12.6 Å². The maximum absolute atomic E-state index is 11.2. The first-order valence-electron chi connectivity index (χ1n) is 7.26. The van der Waals surface area contributed by atoms with Gasteiger partial charge >= 0.3 is 0 Å². The zero-order chi connectivity index (χ0) is 14.9. The van der Waals surface area contributed by atoms with Crippen LogP contribution in [-0.2, 0) is 10.5 Å². The number of morpholine rings is 1.